The van der Waals surface area contributed by atoms with E-state index in [1.54, 1.807) is 0 Å². The van der Waals surface area contributed by atoms with Crippen LogP contribution in [-0.4, -0.2) is 47.2 Å². The highest BCUT2D eigenvalue weighted by Gasteiger charge is 2.33. The van der Waals surface area contributed by atoms with Crippen molar-refractivity contribution in [2.45, 2.75) is 18.6 Å². The van der Waals surface area contributed by atoms with Crippen molar-refractivity contribution >= 4 is 23.3 Å². The number of nitrogens with zero attached hydrogens (tertiary/aromatic N) is 2. The van der Waals surface area contributed by atoms with Gasteiger partial charge in [0.15, 0.2) is 0 Å². The summed E-state index contributed by atoms with van der Waals surface area (Å²) in [5, 5.41) is 21.3. The molecule has 0 bridgehead atoms. The molecule has 0 N–H and O–H groups in total. The largest absolute Gasteiger partial charge is 0.459 e. The van der Waals surface area contributed by atoms with Crippen LogP contribution >= 0.6 is 0 Å². The van der Waals surface area contributed by atoms with Crippen LogP contribution in [0.4, 0.5) is 11.4 Å². The van der Waals surface area contributed by atoms with Crippen molar-refractivity contribution in [2.24, 2.45) is 0 Å². The number of benzene rings is 2. The fourth-order valence-electron chi connectivity index (χ4n) is 2.80. The number of ether oxygens (including phenoxy) is 3. The van der Waals surface area contributed by atoms with Crippen LogP contribution in [0.3, 0.4) is 0 Å². The number of carbonyl (C=O) groups is 2. The lowest BCUT2D eigenvalue weighted by atomic mass is 10.1. The Morgan fingerprint density at radius 1 is 0.900 bits per heavy atom. The van der Waals surface area contributed by atoms with Gasteiger partial charge in [-0.05, 0) is 24.3 Å². The summed E-state index contributed by atoms with van der Waals surface area (Å²) < 4.78 is 16.0. The molecule has 0 saturated carbocycles. The molecule has 2 aromatic carbocycles. The zero-order valence-electron chi connectivity index (χ0n) is 15.5. The lowest BCUT2D eigenvalue weighted by Crippen LogP contribution is -2.32. The summed E-state index contributed by atoms with van der Waals surface area (Å²) >= 11 is 0. The van der Waals surface area contributed by atoms with E-state index in [0.717, 1.165) is 0 Å². The first-order valence-corrected chi connectivity index (χ1v) is 8.84. The molecule has 11 heteroatoms. The number of hydrogen-bond donors (Lipinski definition) is 0. The first kappa shape index (κ1) is 20.9. The molecule has 3 rings (SSSR count). The quantitative estimate of drug-likeness (QED) is 0.377. The van der Waals surface area contributed by atoms with Gasteiger partial charge in [0.2, 0.25) is 0 Å². The predicted octanol–water partition coefficient (Wildman–Crippen LogP) is 2.67. The smallest absolute Gasteiger partial charge is 0.338 e. The number of non-ortho nitro benzene ring substituents is 2. The Morgan fingerprint density at radius 3 is 1.90 bits per heavy atom. The summed E-state index contributed by atoms with van der Waals surface area (Å²) in [6.07, 6.45) is -0.926. The highest BCUT2D eigenvalue weighted by Crippen LogP contribution is 2.21. The minimum Gasteiger partial charge on any atom is -0.459 e. The molecule has 1 fully saturated rings. The molecular formula is C19H16N2O9. The van der Waals surface area contributed by atoms with Gasteiger partial charge in [-0.25, -0.2) is 9.59 Å². The second kappa shape index (κ2) is 9.09. The maximum atomic E-state index is 12.3. The van der Waals surface area contributed by atoms with Crippen molar-refractivity contribution in [1.82, 2.24) is 0 Å². The molecule has 0 spiro atoms. The van der Waals surface area contributed by atoms with Gasteiger partial charge in [-0.3, -0.25) is 20.2 Å². The molecule has 1 aliphatic rings. The van der Waals surface area contributed by atoms with Crippen molar-refractivity contribution in [3.63, 3.8) is 0 Å². The summed E-state index contributed by atoms with van der Waals surface area (Å²) in [6.45, 7) is 0.131. The van der Waals surface area contributed by atoms with Gasteiger partial charge >= 0.3 is 11.9 Å². The second-order valence-electron chi connectivity index (χ2n) is 6.35. The van der Waals surface area contributed by atoms with E-state index in [1.165, 1.54) is 48.5 Å². The Labute approximate surface area is 169 Å². The Morgan fingerprint density at radius 2 is 1.40 bits per heavy atom. The maximum absolute atomic E-state index is 12.3. The molecule has 0 aromatic heterocycles. The van der Waals surface area contributed by atoms with E-state index in [-0.39, 0.29) is 29.1 Å². The molecule has 30 heavy (non-hydrogen) atoms. The van der Waals surface area contributed by atoms with E-state index in [1.807, 2.05) is 0 Å². The molecule has 1 heterocycles. The summed E-state index contributed by atoms with van der Waals surface area (Å²) in [6, 6.07) is 9.93. The average molecular weight is 416 g/mol. The molecule has 11 nitrogen and oxygen atoms in total. The molecule has 0 aliphatic carbocycles. The third-order valence-corrected chi connectivity index (χ3v) is 4.41. The van der Waals surface area contributed by atoms with Crippen LogP contribution in [-0.2, 0) is 14.2 Å². The first-order chi connectivity index (χ1) is 14.3. The van der Waals surface area contributed by atoms with E-state index in [4.69, 9.17) is 14.2 Å². The van der Waals surface area contributed by atoms with Crippen molar-refractivity contribution in [1.29, 1.82) is 0 Å². The van der Waals surface area contributed by atoms with Gasteiger partial charge in [-0.1, -0.05) is 0 Å². The lowest BCUT2D eigenvalue weighted by molar-refractivity contribution is -0.385. The van der Waals surface area contributed by atoms with Crippen LogP contribution in [0.15, 0.2) is 48.5 Å². The molecule has 1 saturated heterocycles. The predicted molar refractivity (Wildman–Crippen MR) is 100 cm³/mol. The zero-order valence-corrected chi connectivity index (χ0v) is 15.5. The molecular weight excluding hydrogens is 400 g/mol. The summed E-state index contributed by atoms with van der Waals surface area (Å²) in [5.74, 6) is -1.37. The number of carbonyl (C=O) groups excluding carboxylic acids is 2. The SMILES string of the molecule is O=C(OCC1OCCC1OC(=O)c1ccc([N+](=O)[O-])cc1)c1ccc([N+](=O)[O-])cc1. The van der Waals surface area contributed by atoms with Gasteiger partial charge in [0.1, 0.15) is 18.8 Å². The normalized spacial score (nSPS) is 17.9. The molecule has 1 aliphatic heterocycles. The molecule has 0 amide bonds. The number of nitro groups is 2. The standard InChI is InChI=1S/C19H16N2O9/c22-18(12-1-5-14(6-2-12)20(24)25)29-11-17-16(9-10-28-17)30-19(23)13-3-7-15(8-4-13)21(26)27/h1-8,16-17H,9-11H2. The Hall–Kier alpha value is -3.86. The monoisotopic (exact) mass is 416 g/mol. The highest BCUT2D eigenvalue weighted by atomic mass is 16.6. The van der Waals surface area contributed by atoms with Gasteiger partial charge in [-0.15, -0.1) is 0 Å². The minimum atomic E-state index is -0.694. The van der Waals surface area contributed by atoms with E-state index in [2.05, 4.69) is 0 Å². The summed E-state index contributed by atoms with van der Waals surface area (Å²) in [4.78, 5) is 44.6. The summed E-state index contributed by atoms with van der Waals surface area (Å²) in [7, 11) is 0. The Kier molecular flexibility index (Phi) is 6.32. The topological polar surface area (TPSA) is 148 Å². The number of esters is 2. The minimum absolute atomic E-state index is 0.137. The van der Waals surface area contributed by atoms with Crippen LogP contribution < -0.4 is 0 Å². The maximum Gasteiger partial charge on any atom is 0.338 e. The Bertz CT molecular complexity index is 957. The third kappa shape index (κ3) is 4.94. The summed E-state index contributed by atoms with van der Waals surface area (Å²) in [5.41, 5.74) is -0.0113. The van der Waals surface area contributed by atoms with Gasteiger partial charge < -0.3 is 14.2 Å². The van der Waals surface area contributed by atoms with Crippen molar-refractivity contribution in [3.05, 3.63) is 79.9 Å². The molecule has 2 atom stereocenters. The highest BCUT2D eigenvalue weighted by molar-refractivity contribution is 5.90. The average Bonchev–Trinajstić information content (AvgIpc) is 3.19. The molecule has 2 unspecified atom stereocenters. The molecule has 2 aromatic rings. The zero-order chi connectivity index (χ0) is 21.7. The number of rotatable bonds is 7. The van der Waals surface area contributed by atoms with Gasteiger partial charge in [-0.2, -0.15) is 0 Å². The van der Waals surface area contributed by atoms with Crippen LogP contribution in [0.1, 0.15) is 27.1 Å². The van der Waals surface area contributed by atoms with E-state index in [0.29, 0.717) is 13.0 Å². The lowest BCUT2D eigenvalue weighted by Gasteiger charge is -2.19. The van der Waals surface area contributed by atoms with Crippen molar-refractivity contribution < 1.29 is 33.6 Å². The van der Waals surface area contributed by atoms with Gasteiger partial charge in [0.05, 0.1) is 27.6 Å². The fraction of sp³-hybridized carbons (Fsp3) is 0.263. The number of nitro benzene ring substituents is 2. The fourth-order valence-corrected chi connectivity index (χ4v) is 2.80. The number of hydrogen-bond acceptors (Lipinski definition) is 9. The van der Waals surface area contributed by atoms with E-state index in [9.17, 15) is 29.8 Å². The van der Waals surface area contributed by atoms with Crippen LogP contribution in [0.5, 0.6) is 0 Å². The van der Waals surface area contributed by atoms with Crippen LogP contribution in [0.25, 0.3) is 0 Å². The van der Waals surface area contributed by atoms with Crippen LogP contribution in [0.2, 0.25) is 0 Å². The molecule has 0 radical (unpaired) electrons. The van der Waals surface area contributed by atoms with Gasteiger partial charge in [0, 0.05) is 30.7 Å². The van der Waals surface area contributed by atoms with E-state index >= 15 is 0 Å². The van der Waals surface area contributed by atoms with Gasteiger partial charge in [0.25, 0.3) is 11.4 Å². The van der Waals surface area contributed by atoms with E-state index < -0.39 is 34.0 Å². The van der Waals surface area contributed by atoms with Crippen molar-refractivity contribution in [2.75, 3.05) is 13.2 Å². The third-order valence-electron chi connectivity index (χ3n) is 4.41. The van der Waals surface area contributed by atoms with Crippen LogP contribution in [0, 0.1) is 20.2 Å². The Balaban J connectivity index is 1.55. The first-order valence-electron chi connectivity index (χ1n) is 8.84. The second-order valence-corrected chi connectivity index (χ2v) is 6.35. The van der Waals surface area contributed by atoms with Crippen molar-refractivity contribution in [3.8, 4) is 0 Å². The molecule has 156 valence electrons.